The van der Waals surface area contributed by atoms with Crippen LogP contribution < -0.4 is 16.0 Å². The van der Waals surface area contributed by atoms with E-state index in [4.69, 9.17) is 11.0 Å². The molecule has 108 valence electrons. The standard InChI is InChI=1S/C15H22N4O/c1-4-18-15(20)12-6-7-14(13(17)10-12)19(11(2)3)9-5-8-16/h6-7,10-11H,4-5,9,17H2,1-3H3,(H,18,20). The molecule has 3 N–H and O–H groups in total. The minimum atomic E-state index is -0.126. The van der Waals surface area contributed by atoms with Gasteiger partial charge in [0.1, 0.15) is 0 Å². The summed E-state index contributed by atoms with van der Waals surface area (Å²) in [7, 11) is 0. The van der Waals surface area contributed by atoms with E-state index in [9.17, 15) is 4.79 Å². The predicted molar refractivity (Wildman–Crippen MR) is 81.6 cm³/mol. The van der Waals surface area contributed by atoms with Crippen LogP contribution in [0.1, 0.15) is 37.6 Å². The van der Waals surface area contributed by atoms with Crippen LogP contribution in [0.25, 0.3) is 0 Å². The molecule has 1 amide bonds. The van der Waals surface area contributed by atoms with Gasteiger partial charge in [0.05, 0.1) is 23.9 Å². The van der Waals surface area contributed by atoms with E-state index in [1.165, 1.54) is 0 Å². The Morgan fingerprint density at radius 1 is 1.50 bits per heavy atom. The molecule has 5 heteroatoms. The van der Waals surface area contributed by atoms with Crippen molar-refractivity contribution in [1.82, 2.24) is 5.32 Å². The number of amides is 1. The fourth-order valence-electron chi connectivity index (χ4n) is 2.05. The number of carbonyl (C=O) groups is 1. The highest BCUT2D eigenvalue weighted by Gasteiger charge is 2.15. The lowest BCUT2D eigenvalue weighted by Crippen LogP contribution is -2.32. The van der Waals surface area contributed by atoms with Crippen molar-refractivity contribution < 1.29 is 4.79 Å². The maximum absolute atomic E-state index is 11.8. The van der Waals surface area contributed by atoms with E-state index in [1.807, 2.05) is 13.0 Å². The summed E-state index contributed by atoms with van der Waals surface area (Å²) >= 11 is 0. The van der Waals surface area contributed by atoms with E-state index >= 15 is 0 Å². The van der Waals surface area contributed by atoms with Crippen LogP contribution in [0.15, 0.2) is 18.2 Å². The fraction of sp³-hybridized carbons (Fsp3) is 0.467. The van der Waals surface area contributed by atoms with E-state index in [0.29, 0.717) is 30.8 Å². The first-order chi connectivity index (χ1) is 9.51. The Bertz CT molecular complexity index is 505. The third-order valence-corrected chi connectivity index (χ3v) is 3.02. The molecule has 0 aliphatic rings. The summed E-state index contributed by atoms with van der Waals surface area (Å²) in [6.45, 7) is 7.18. The largest absolute Gasteiger partial charge is 0.397 e. The van der Waals surface area contributed by atoms with Crippen LogP contribution >= 0.6 is 0 Å². The number of nitriles is 1. The molecule has 1 aromatic rings. The molecule has 0 bridgehead atoms. The Kier molecular flexibility index (Phi) is 5.85. The molecule has 20 heavy (non-hydrogen) atoms. The van der Waals surface area contributed by atoms with Gasteiger partial charge in [-0.2, -0.15) is 5.26 Å². The molecule has 0 saturated carbocycles. The average molecular weight is 274 g/mol. The van der Waals surface area contributed by atoms with Gasteiger partial charge >= 0.3 is 0 Å². The Labute approximate surface area is 120 Å². The Hall–Kier alpha value is -2.22. The molecular weight excluding hydrogens is 252 g/mol. The SMILES string of the molecule is CCNC(=O)c1ccc(N(CCC#N)C(C)C)c(N)c1. The first kappa shape index (κ1) is 15.8. The highest BCUT2D eigenvalue weighted by atomic mass is 16.1. The first-order valence-electron chi connectivity index (χ1n) is 6.82. The average Bonchev–Trinajstić information content (AvgIpc) is 2.40. The van der Waals surface area contributed by atoms with Gasteiger partial charge in [0, 0.05) is 24.7 Å². The van der Waals surface area contributed by atoms with Crippen molar-refractivity contribution in [3.8, 4) is 6.07 Å². The van der Waals surface area contributed by atoms with E-state index in [0.717, 1.165) is 5.69 Å². The maximum Gasteiger partial charge on any atom is 0.251 e. The fourth-order valence-corrected chi connectivity index (χ4v) is 2.05. The summed E-state index contributed by atoms with van der Waals surface area (Å²) in [5.41, 5.74) is 8.03. The summed E-state index contributed by atoms with van der Waals surface area (Å²) in [6.07, 6.45) is 0.440. The number of carbonyl (C=O) groups excluding carboxylic acids is 1. The molecule has 0 heterocycles. The predicted octanol–water partition coefficient (Wildman–Crippen LogP) is 2.15. The highest BCUT2D eigenvalue weighted by Crippen LogP contribution is 2.26. The highest BCUT2D eigenvalue weighted by molar-refractivity contribution is 5.96. The molecule has 1 aromatic carbocycles. The Morgan fingerprint density at radius 3 is 2.70 bits per heavy atom. The lowest BCUT2D eigenvalue weighted by molar-refractivity contribution is 0.0956. The van der Waals surface area contributed by atoms with Gasteiger partial charge < -0.3 is 16.0 Å². The molecule has 1 rings (SSSR count). The Morgan fingerprint density at radius 2 is 2.20 bits per heavy atom. The molecular formula is C15H22N4O. The van der Waals surface area contributed by atoms with Gasteiger partial charge in [-0.25, -0.2) is 0 Å². The van der Waals surface area contributed by atoms with Crippen LogP contribution in [-0.2, 0) is 0 Å². The van der Waals surface area contributed by atoms with Gasteiger partial charge in [-0.3, -0.25) is 4.79 Å². The van der Waals surface area contributed by atoms with Crippen molar-refractivity contribution in [2.45, 2.75) is 33.2 Å². The second-order valence-corrected chi connectivity index (χ2v) is 4.83. The summed E-state index contributed by atoms with van der Waals surface area (Å²) < 4.78 is 0. The van der Waals surface area contributed by atoms with Crippen molar-refractivity contribution in [1.29, 1.82) is 5.26 Å². The monoisotopic (exact) mass is 274 g/mol. The van der Waals surface area contributed by atoms with Crippen LogP contribution in [0.4, 0.5) is 11.4 Å². The zero-order valence-corrected chi connectivity index (χ0v) is 12.3. The van der Waals surface area contributed by atoms with Crippen LogP contribution in [0, 0.1) is 11.3 Å². The molecule has 0 aliphatic carbocycles. The maximum atomic E-state index is 11.8. The quantitative estimate of drug-likeness (QED) is 0.779. The zero-order chi connectivity index (χ0) is 15.1. The minimum Gasteiger partial charge on any atom is -0.397 e. The lowest BCUT2D eigenvalue weighted by Gasteiger charge is -2.29. The van der Waals surface area contributed by atoms with E-state index in [-0.39, 0.29) is 11.9 Å². The van der Waals surface area contributed by atoms with E-state index < -0.39 is 0 Å². The van der Waals surface area contributed by atoms with Gasteiger partial charge in [-0.1, -0.05) is 0 Å². The number of rotatable bonds is 6. The molecule has 5 nitrogen and oxygen atoms in total. The minimum absolute atomic E-state index is 0.126. The summed E-state index contributed by atoms with van der Waals surface area (Å²) in [5.74, 6) is -0.126. The van der Waals surface area contributed by atoms with Crippen molar-refractivity contribution in [3.63, 3.8) is 0 Å². The lowest BCUT2D eigenvalue weighted by atomic mass is 10.1. The summed E-state index contributed by atoms with van der Waals surface area (Å²) in [4.78, 5) is 13.8. The van der Waals surface area contributed by atoms with E-state index in [2.05, 4.69) is 30.1 Å². The van der Waals surface area contributed by atoms with Gasteiger partial charge in [-0.15, -0.1) is 0 Å². The molecule has 0 unspecified atom stereocenters. The number of hydrogen-bond donors (Lipinski definition) is 2. The second-order valence-electron chi connectivity index (χ2n) is 4.83. The molecule has 0 atom stereocenters. The smallest absolute Gasteiger partial charge is 0.251 e. The van der Waals surface area contributed by atoms with Crippen molar-refractivity contribution in [2.24, 2.45) is 0 Å². The van der Waals surface area contributed by atoms with Gasteiger partial charge in [0.25, 0.3) is 5.91 Å². The number of nitrogens with one attached hydrogen (secondary N) is 1. The molecule has 0 saturated heterocycles. The molecule has 0 aliphatic heterocycles. The zero-order valence-electron chi connectivity index (χ0n) is 12.3. The number of nitrogen functional groups attached to an aromatic ring is 1. The summed E-state index contributed by atoms with van der Waals surface area (Å²) in [5, 5.41) is 11.5. The number of nitrogens with two attached hydrogens (primary N) is 1. The van der Waals surface area contributed by atoms with Crippen LogP contribution in [0.2, 0.25) is 0 Å². The van der Waals surface area contributed by atoms with Crippen LogP contribution in [-0.4, -0.2) is 25.0 Å². The van der Waals surface area contributed by atoms with Gasteiger partial charge in [0.2, 0.25) is 0 Å². The molecule has 0 fully saturated rings. The number of nitrogens with zero attached hydrogens (tertiary/aromatic N) is 2. The molecule has 0 spiro atoms. The van der Waals surface area contributed by atoms with Crippen LogP contribution in [0.5, 0.6) is 0 Å². The number of hydrogen-bond acceptors (Lipinski definition) is 4. The summed E-state index contributed by atoms with van der Waals surface area (Å²) in [6, 6.07) is 7.67. The van der Waals surface area contributed by atoms with Gasteiger partial charge in [-0.05, 0) is 39.0 Å². The third kappa shape index (κ3) is 3.89. The third-order valence-electron chi connectivity index (χ3n) is 3.02. The molecule has 0 aromatic heterocycles. The normalized spacial score (nSPS) is 10.2. The Balaban J connectivity index is 3.01. The van der Waals surface area contributed by atoms with E-state index in [1.54, 1.807) is 12.1 Å². The topological polar surface area (TPSA) is 82.2 Å². The van der Waals surface area contributed by atoms with Crippen molar-refractivity contribution in [3.05, 3.63) is 23.8 Å². The number of benzene rings is 1. The van der Waals surface area contributed by atoms with Gasteiger partial charge in [0.15, 0.2) is 0 Å². The van der Waals surface area contributed by atoms with Crippen LogP contribution in [0.3, 0.4) is 0 Å². The van der Waals surface area contributed by atoms with Crippen molar-refractivity contribution in [2.75, 3.05) is 23.7 Å². The number of anilines is 2. The molecule has 0 radical (unpaired) electrons. The van der Waals surface area contributed by atoms with Crippen molar-refractivity contribution >= 4 is 17.3 Å². The second kappa shape index (κ2) is 7.39. The first-order valence-corrected chi connectivity index (χ1v) is 6.82.